The molecule has 0 saturated carbocycles. The van der Waals surface area contributed by atoms with Crippen LogP contribution in [0.15, 0.2) is 0 Å². The molecule has 0 unspecified atom stereocenters. The summed E-state index contributed by atoms with van der Waals surface area (Å²) in [6.45, 7) is 3.30. The number of rotatable bonds is 4. The Morgan fingerprint density at radius 3 is 1.47 bits per heavy atom. The lowest BCUT2D eigenvalue weighted by molar-refractivity contribution is -0.168. The van der Waals surface area contributed by atoms with Crippen LogP contribution in [0.5, 0.6) is 0 Å². The van der Waals surface area contributed by atoms with Crippen LogP contribution in [0.1, 0.15) is 26.7 Å². The fraction of sp³-hybridized carbons (Fsp3) is 0.636. The number of hydrogen-bond acceptors (Lipinski definition) is 4. The molecular formula is C11H14Cl2N2O4. The van der Waals surface area contributed by atoms with Crippen LogP contribution in [-0.4, -0.2) is 45.4 Å². The number of carbonyl (C=O) groups is 4. The molecule has 8 heteroatoms. The van der Waals surface area contributed by atoms with Crippen LogP contribution in [0.25, 0.3) is 0 Å². The third-order valence-corrected chi connectivity index (χ3v) is 3.77. The number of carbonyl (C=O) groups excluding carboxylic acids is 4. The maximum atomic E-state index is 12.3. The number of imide groups is 2. The summed E-state index contributed by atoms with van der Waals surface area (Å²) in [7, 11) is 0. The summed E-state index contributed by atoms with van der Waals surface area (Å²) in [5.74, 6) is -4.08. The molecule has 1 rings (SSSR count). The van der Waals surface area contributed by atoms with Crippen LogP contribution in [0.4, 0.5) is 0 Å². The molecule has 0 aromatic heterocycles. The van der Waals surface area contributed by atoms with Gasteiger partial charge in [0.25, 0.3) is 23.6 Å². The molecule has 6 nitrogen and oxygen atoms in total. The van der Waals surface area contributed by atoms with Crippen molar-refractivity contribution >= 4 is 46.8 Å². The van der Waals surface area contributed by atoms with Crippen molar-refractivity contribution in [1.82, 2.24) is 10.0 Å². The molecule has 0 aromatic carbocycles. The molecule has 0 bridgehead atoms. The third-order valence-electron chi connectivity index (χ3n) is 3.31. The zero-order valence-electron chi connectivity index (χ0n) is 10.6. The molecule has 0 N–H and O–H groups in total. The van der Waals surface area contributed by atoms with Crippen molar-refractivity contribution in [3.8, 4) is 0 Å². The fourth-order valence-corrected chi connectivity index (χ4v) is 2.32. The lowest BCUT2D eigenvalue weighted by atomic mass is 9.81. The molecule has 19 heavy (non-hydrogen) atoms. The minimum atomic E-state index is -1.39. The second kappa shape index (κ2) is 5.88. The summed E-state index contributed by atoms with van der Waals surface area (Å²) in [6.07, 6.45) is 0.387. The van der Waals surface area contributed by atoms with Gasteiger partial charge in [0.15, 0.2) is 0 Å². The molecule has 1 heterocycles. The lowest BCUT2D eigenvalue weighted by Gasteiger charge is -2.22. The summed E-state index contributed by atoms with van der Waals surface area (Å²) >= 11 is 10.8. The zero-order valence-corrected chi connectivity index (χ0v) is 12.1. The predicted octanol–water partition coefficient (Wildman–Crippen LogP) is 0.909. The predicted molar refractivity (Wildman–Crippen MR) is 68.2 cm³/mol. The molecule has 0 aliphatic carbocycles. The third kappa shape index (κ3) is 2.23. The van der Waals surface area contributed by atoms with Crippen molar-refractivity contribution < 1.29 is 19.2 Å². The van der Waals surface area contributed by atoms with E-state index in [0.717, 1.165) is 0 Å². The average Bonchev–Trinajstić information content (AvgIpc) is 2.65. The van der Waals surface area contributed by atoms with Gasteiger partial charge in [0.05, 0.1) is 0 Å². The second-order valence-corrected chi connectivity index (χ2v) is 4.61. The average molecular weight is 309 g/mol. The molecule has 106 valence electrons. The first-order chi connectivity index (χ1) is 8.91. The van der Waals surface area contributed by atoms with Gasteiger partial charge in [0, 0.05) is 0 Å². The number of hydrazine groups is 1. The van der Waals surface area contributed by atoms with Gasteiger partial charge in [-0.2, -0.15) is 10.0 Å². The van der Waals surface area contributed by atoms with Crippen LogP contribution in [-0.2, 0) is 19.2 Å². The van der Waals surface area contributed by atoms with Gasteiger partial charge in [-0.25, -0.2) is 0 Å². The highest BCUT2D eigenvalue weighted by Crippen LogP contribution is 2.38. The van der Waals surface area contributed by atoms with Crippen LogP contribution in [0.3, 0.4) is 0 Å². The SMILES string of the molecule is CCC1(CC)C(=O)N(C(=O)CCl)N(C(=O)CCl)C1=O. The van der Waals surface area contributed by atoms with Gasteiger partial charge in [-0.05, 0) is 12.8 Å². The van der Waals surface area contributed by atoms with Gasteiger partial charge in [0.2, 0.25) is 0 Å². The van der Waals surface area contributed by atoms with Gasteiger partial charge in [-0.15, -0.1) is 23.2 Å². The van der Waals surface area contributed by atoms with E-state index in [1.54, 1.807) is 13.8 Å². The maximum absolute atomic E-state index is 12.3. The Bertz CT molecular complexity index is 398. The minimum Gasteiger partial charge on any atom is -0.271 e. The topological polar surface area (TPSA) is 74.8 Å². The van der Waals surface area contributed by atoms with Crippen molar-refractivity contribution in [3.05, 3.63) is 0 Å². The van der Waals surface area contributed by atoms with E-state index < -0.39 is 40.8 Å². The standard InChI is InChI=1S/C11H14Cl2N2O4/c1-3-11(4-2)9(18)14(7(16)5-12)15(10(11)19)8(17)6-13/h3-6H2,1-2H3. The molecule has 4 amide bonds. The Labute approximate surface area is 120 Å². The van der Waals surface area contributed by atoms with Crippen molar-refractivity contribution in [2.24, 2.45) is 5.41 Å². The van der Waals surface area contributed by atoms with Crippen LogP contribution >= 0.6 is 23.2 Å². The highest BCUT2D eigenvalue weighted by atomic mass is 35.5. The number of amides is 4. The first kappa shape index (κ1) is 15.9. The molecule has 1 aliphatic rings. The molecule has 1 aliphatic heterocycles. The van der Waals surface area contributed by atoms with Crippen molar-refractivity contribution in [1.29, 1.82) is 0 Å². The van der Waals surface area contributed by atoms with E-state index >= 15 is 0 Å². The van der Waals surface area contributed by atoms with Crippen LogP contribution in [0, 0.1) is 5.41 Å². The quantitative estimate of drug-likeness (QED) is 0.571. The van der Waals surface area contributed by atoms with Crippen molar-refractivity contribution in [3.63, 3.8) is 0 Å². The van der Waals surface area contributed by atoms with E-state index in [1.807, 2.05) is 0 Å². The molecule has 0 atom stereocenters. The van der Waals surface area contributed by atoms with Crippen molar-refractivity contribution in [2.75, 3.05) is 11.8 Å². The Balaban J connectivity index is 3.35. The Morgan fingerprint density at radius 2 is 1.26 bits per heavy atom. The zero-order chi connectivity index (χ0) is 14.8. The molecule has 0 radical (unpaired) electrons. The van der Waals surface area contributed by atoms with E-state index in [1.165, 1.54) is 0 Å². The van der Waals surface area contributed by atoms with E-state index in [0.29, 0.717) is 10.0 Å². The van der Waals surface area contributed by atoms with Crippen molar-refractivity contribution in [2.45, 2.75) is 26.7 Å². The molecular weight excluding hydrogens is 295 g/mol. The highest BCUT2D eigenvalue weighted by Gasteiger charge is 2.59. The number of alkyl halides is 2. The molecule has 1 saturated heterocycles. The van der Waals surface area contributed by atoms with E-state index in [2.05, 4.69) is 0 Å². The molecule has 0 spiro atoms. The van der Waals surface area contributed by atoms with Crippen LogP contribution in [0.2, 0.25) is 0 Å². The van der Waals surface area contributed by atoms with Gasteiger partial charge in [0.1, 0.15) is 17.2 Å². The lowest BCUT2D eigenvalue weighted by Crippen LogP contribution is -2.49. The first-order valence-electron chi connectivity index (χ1n) is 5.77. The van der Waals surface area contributed by atoms with Crippen LogP contribution < -0.4 is 0 Å². The monoisotopic (exact) mass is 308 g/mol. The number of halogens is 2. The first-order valence-corrected chi connectivity index (χ1v) is 6.84. The normalized spacial score (nSPS) is 18.1. The number of hydrogen-bond donors (Lipinski definition) is 0. The molecule has 1 fully saturated rings. The van der Waals surface area contributed by atoms with Gasteiger partial charge in [-0.3, -0.25) is 19.2 Å². The van der Waals surface area contributed by atoms with E-state index in [9.17, 15) is 19.2 Å². The van der Waals surface area contributed by atoms with Gasteiger partial charge < -0.3 is 0 Å². The smallest absolute Gasteiger partial charge is 0.264 e. The molecule has 0 aromatic rings. The maximum Gasteiger partial charge on any atom is 0.264 e. The Kier molecular flexibility index (Phi) is 4.92. The second-order valence-electron chi connectivity index (χ2n) is 4.08. The summed E-state index contributed by atoms with van der Waals surface area (Å²) in [4.78, 5) is 48.0. The minimum absolute atomic E-state index is 0.194. The van der Waals surface area contributed by atoms with Gasteiger partial charge in [-0.1, -0.05) is 13.8 Å². The Morgan fingerprint density at radius 1 is 0.947 bits per heavy atom. The summed E-state index contributed by atoms with van der Waals surface area (Å²) in [6, 6.07) is 0. The summed E-state index contributed by atoms with van der Waals surface area (Å²) < 4.78 is 0. The van der Waals surface area contributed by atoms with E-state index in [4.69, 9.17) is 23.2 Å². The Hall–Kier alpha value is -1.14. The highest BCUT2D eigenvalue weighted by molar-refractivity contribution is 6.33. The van der Waals surface area contributed by atoms with E-state index in [-0.39, 0.29) is 12.8 Å². The summed E-state index contributed by atoms with van der Waals surface area (Å²) in [5.41, 5.74) is -1.39. The number of nitrogens with zero attached hydrogens (tertiary/aromatic N) is 2. The largest absolute Gasteiger partial charge is 0.271 e. The fourth-order valence-electron chi connectivity index (χ4n) is 2.10. The summed E-state index contributed by atoms with van der Waals surface area (Å²) in [5, 5.41) is 1.04. The van der Waals surface area contributed by atoms with Gasteiger partial charge >= 0.3 is 0 Å².